The number of piperidine rings is 1. The molecule has 1 aromatic rings. The van der Waals surface area contributed by atoms with Crippen molar-refractivity contribution in [1.29, 1.82) is 0 Å². The van der Waals surface area contributed by atoms with E-state index in [-0.39, 0.29) is 5.75 Å². The first-order chi connectivity index (χ1) is 13.2. The van der Waals surface area contributed by atoms with E-state index in [0.717, 1.165) is 25.5 Å². The number of hydrogen-bond donors (Lipinski definition) is 3. The molecule has 0 aromatic heterocycles. The summed E-state index contributed by atoms with van der Waals surface area (Å²) >= 11 is 0. The zero-order valence-electron chi connectivity index (χ0n) is 16.8. The molecule has 5 nitrogen and oxygen atoms in total. The largest absolute Gasteiger partial charge is 0.506 e. The van der Waals surface area contributed by atoms with Gasteiger partial charge in [-0.15, -0.1) is 0 Å². The van der Waals surface area contributed by atoms with Crippen molar-refractivity contribution in [3.05, 3.63) is 24.3 Å². The average Bonchev–Trinajstić information content (AvgIpc) is 2.69. The lowest BCUT2D eigenvalue weighted by molar-refractivity contribution is 0.160. The fourth-order valence-electron chi connectivity index (χ4n) is 4.22. The van der Waals surface area contributed by atoms with Crippen LogP contribution in [0.1, 0.15) is 64.7 Å². The third-order valence-corrected chi connectivity index (χ3v) is 5.92. The Morgan fingerprint density at radius 2 is 1.89 bits per heavy atom. The first-order valence-electron chi connectivity index (χ1n) is 10.8. The van der Waals surface area contributed by atoms with Crippen LogP contribution < -0.4 is 10.6 Å². The van der Waals surface area contributed by atoms with Gasteiger partial charge in [-0.2, -0.15) is 0 Å². The summed E-state index contributed by atoms with van der Waals surface area (Å²) in [6.45, 7) is 5.50. The van der Waals surface area contributed by atoms with E-state index in [0.29, 0.717) is 17.8 Å². The third-order valence-electron chi connectivity index (χ3n) is 5.92. The summed E-state index contributed by atoms with van der Waals surface area (Å²) in [5.41, 5.74) is 0.712. The summed E-state index contributed by atoms with van der Waals surface area (Å²) in [4.78, 5) is 7.42. The van der Waals surface area contributed by atoms with E-state index in [1.165, 1.54) is 57.9 Å². The number of nitrogens with one attached hydrogen (secondary N) is 2. The fraction of sp³-hybridized carbons (Fsp3) is 0.682. The quantitative estimate of drug-likeness (QED) is 0.301. The van der Waals surface area contributed by atoms with Crippen molar-refractivity contribution in [3.8, 4) is 5.75 Å². The van der Waals surface area contributed by atoms with Crippen molar-refractivity contribution >= 4 is 11.6 Å². The lowest BCUT2D eigenvalue weighted by Gasteiger charge is -2.33. The topological polar surface area (TPSA) is 59.9 Å². The minimum atomic E-state index is 0.262. The van der Waals surface area contributed by atoms with Gasteiger partial charge in [0, 0.05) is 25.2 Å². The van der Waals surface area contributed by atoms with Gasteiger partial charge in [0.2, 0.25) is 0 Å². The summed E-state index contributed by atoms with van der Waals surface area (Å²) in [6.07, 6.45) is 11.4. The number of benzene rings is 1. The van der Waals surface area contributed by atoms with E-state index in [2.05, 4.69) is 22.5 Å². The van der Waals surface area contributed by atoms with Crippen LogP contribution in [0.5, 0.6) is 5.75 Å². The second-order valence-electron chi connectivity index (χ2n) is 8.09. The molecule has 3 N–H and O–H groups in total. The number of phenols is 1. The lowest BCUT2D eigenvalue weighted by Crippen LogP contribution is -2.41. The van der Waals surface area contributed by atoms with Crippen LogP contribution in [0.2, 0.25) is 0 Å². The molecule has 0 amide bonds. The van der Waals surface area contributed by atoms with E-state index in [1.807, 2.05) is 18.2 Å². The smallest absolute Gasteiger partial charge is 0.196 e. The maximum atomic E-state index is 10.1. The number of aromatic hydroxyl groups is 1. The number of hydrogen-bond acceptors (Lipinski definition) is 3. The number of aliphatic imine (C=N–C) groups is 1. The van der Waals surface area contributed by atoms with Gasteiger partial charge in [-0.05, 0) is 57.7 Å². The van der Waals surface area contributed by atoms with Gasteiger partial charge in [0.25, 0.3) is 0 Å². The Bertz CT molecular complexity index is 598. The van der Waals surface area contributed by atoms with Crippen molar-refractivity contribution < 1.29 is 5.11 Å². The SMILES string of the molecule is CC1CCCCN1CCCN=C(Nc1ccccc1O)NC1CCCCC1. The van der Waals surface area contributed by atoms with Crippen LogP contribution in [0.3, 0.4) is 0 Å². The van der Waals surface area contributed by atoms with Gasteiger partial charge in [0.1, 0.15) is 5.75 Å². The number of phenolic OH excluding ortho intramolecular Hbond substituents is 1. The molecule has 0 radical (unpaired) electrons. The molecule has 1 saturated heterocycles. The highest BCUT2D eigenvalue weighted by molar-refractivity contribution is 5.95. The molecule has 3 rings (SSSR count). The van der Waals surface area contributed by atoms with Crippen LogP contribution in [-0.4, -0.2) is 47.7 Å². The Morgan fingerprint density at radius 1 is 1.11 bits per heavy atom. The molecular weight excluding hydrogens is 336 g/mol. The summed E-state index contributed by atoms with van der Waals surface area (Å²) in [7, 11) is 0. The minimum Gasteiger partial charge on any atom is -0.506 e. The average molecular weight is 373 g/mol. The number of rotatable bonds is 6. The Kier molecular flexibility index (Phi) is 7.81. The molecular formula is C22H36N4O. The molecule has 0 spiro atoms. The molecule has 2 aliphatic rings. The molecule has 1 aromatic carbocycles. The third kappa shape index (κ3) is 6.42. The van der Waals surface area contributed by atoms with E-state index in [1.54, 1.807) is 6.07 Å². The van der Waals surface area contributed by atoms with Crippen molar-refractivity contribution in [3.63, 3.8) is 0 Å². The molecule has 1 aliphatic heterocycles. The maximum absolute atomic E-state index is 10.1. The second-order valence-corrected chi connectivity index (χ2v) is 8.09. The standard InChI is InChI=1S/C22H36N4O/c1-18-10-7-8-16-26(18)17-9-15-23-22(24-19-11-3-2-4-12-19)25-20-13-5-6-14-21(20)27/h5-6,13-14,18-19,27H,2-4,7-12,15-17H2,1H3,(H2,23,24,25). The molecule has 27 heavy (non-hydrogen) atoms. The van der Waals surface area contributed by atoms with Crippen LogP contribution in [-0.2, 0) is 0 Å². The van der Waals surface area contributed by atoms with Gasteiger partial charge in [-0.3, -0.25) is 4.99 Å². The van der Waals surface area contributed by atoms with Gasteiger partial charge in [-0.1, -0.05) is 37.8 Å². The van der Waals surface area contributed by atoms with Crippen LogP contribution in [0.25, 0.3) is 0 Å². The Morgan fingerprint density at radius 3 is 2.67 bits per heavy atom. The zero-order valence-corrected chi connectivity index (χ0v) is 16.8. The Hall–Kier alpha value is -1.75. The summed E-state index contributed by atoms with van der Waals surface area (Å²) in [6, 6.07) is 8.56. The van der Waals surface area contributed by atoms with Gasteiger partial charge in [-0.25, -0.2) is 0 Å². The predicted molar refractivity (Wildman–Crippen MR) is 114 cm³/mol. The van der Waals surface area contributed by atoms with Gasteiger partial charge in [0.05, 0.1) is 5.69 Å². The van der Waals surface area contributed by atoms with E-state index in [9.17, 15) is 5.11 Å². The molecule has 5 heteroatoms. The van der Waals surface area contributed by atoms with Crippen LogP contribution in [0.4, 0.5) is 5.69 Å². The minimum absolute atomic E-state index is 0.262. The number of para-hydroxylation sites is 2. The highest BCUT2D eigenvalue weighted by Gasteiger charge is 2.18. The molecule has 150 valence electrons. The number of likely N-dealkylation sites (tertiary alicyclic amines) is 1. The van der Waals surface area contributed by atoms with Crippen molar-refractivity contribution in [2.24, 2.45) is 4.99 Å². The lowest BCUT2D eigenvalue weighted by atomic mass is 9.96. The number of nitrogens with zero attached hydrogens (tertiary/aromatic N) is 2. The van der Waals surface area contributed by atoms with Gasteiger partial charge < -0.3 is 20.6 Å². The molecule has 1 heterocycles. The first kappa shape index (κ1) is 20.0. The second kappa shape index (κ2) is 10.5. The molecule has 1 aliphatic carbocycles. The molecule has 0 bridgehead atoms. The van der Waals surface area contributed by atoms with Crippen LogP contribution in [0.15, 0.2) is 29.3 Å². The van der Waals surface area contributed by atoms with E-state index < -0.39 is 0 Å². The van der Waals surface area contributed by atoms with Crippen molar-refractivity contribution in [2.75, 3.05) is 25.0 Å². The van der Waals surface area contributed by atoms with E-state index >= 15 is 0 Å². The number of anilines is 1. The normalized spacial score (nSPS) is 22.6. The summed E-state index contributed by atoms with van der Waals surface area (Å²) in [5, 5.41) is 17.0. The van der Waals surface area contributed by atoms with Crippen LogP contribution >= 0.6 is 0 Å². The Labute approximate surface area is 164 Å². The number of guanidine groups is 1. The molecule has 1 saturated carbocycles. The molecule has 1 atom stereocenters. The van der Waals surface area contributed by atoms with Crippen molar-refractivity contribution in [1.82, 2.24) is 10.2 Å². The van der Waals surface area contributed by atoms with Crippen LogP contribution in [0, 0.1) is 0 Å². The van der Waals surface area contributed by atoms with Gasteiger partial charge >= 0.3 is 0 Å². The fourth-order valence-corrected chi connectivity index (χ4v) is 4.22. The van der Waals surface area contributed by atoms with Gasteiger partial charge in [0.15, 0.2) is 5.96 Å². The maximum Gasteiger partial charge on any atom is 0.196 e. The van der Waals surface area contributed by atoms with E-state index in [4.69, 9.17) is 4.99 Å². The molecule has 1 unspecified atom stereocenters. The zero-order chi connectivity index (χ0) is 18.9. The predicted octanol–water partition coefficient (Wildman–Crippen LogP) is 4.35. The first-order valence-corrected chi connectivity index (χ1v) is 10.8. The Balaban J connectivity index is 1.56. The monoisotopic (exact) mass is 372 g/mol. The highest BCUT2D eigenvalue weighted by atomic mass is 16.3. The summed E-state index contributed by atoms with van der Waals surface area (Å²) in [5.74, 6) is 1.06. The highest BCUT2D eigenvalue weighted by Crippen LogP contribution is 2.22. The summed E-state index contributed by atoms with van der Waals surface area (Å²) < 4.78 is 0. The molecule has 2 fully saturated rings. The van der Waals surface area contributed by atoms with Crippen molar-refractivity contribution in [2.45, 2.75) is 76.8 Å².